The summed E-state index contributed by atoms with van der Waals surface area (Å²) < 4.78 is 0. The fourth-order valence-electron chi connectivity index (χ4n) is 1.97. The maximum Gasteiger partial charge on any atom is 0.0662 e. The van der Waals surface area contributed by atoms with Gasteiger partial charge in [0.15, 0.2) is 0 Å². The lowest BCUT2D eigenvalue weighted by Crippen LogP contribution is -1.85. The molecule has 0 bridgehead atoms. The third-order valence-electron chi connectivity index (χ3n) is 3.81. The predicted octanol–water partition coefficient (Wildman–Crippen LogP) is 5.85. The predicted molar refractivity (Wildman–Crippen MR) is 122 cm³/mol. The van der Waals surface area contributed by atoms with Crippen molar-refractivity contribution >= 4 is 6.08 Å². The molecule has 3 aromatic carbocycles. The number of hydrogen-bond acceptors (Lipinski definition) is 2. The topological polar surface area (TPSA) is 40.5 Å². The van der Waals surface area contributed by atoms with Crippen molar-refractivity contribution in [2.45, 2.75) is 27.2 Å². The van der Waals surface area contributed by atoms with Gasteiger partial charge in [-0.15, -0.1) is 0 Å². The molecule has 0 aliphatic heterocycles. The first kappa shape index (κ1) is 25.3. The maximum absolute atomic E-state index is 7.62. The molecular weight excluding hydrogens is 344 g/mol. The quantitative estimate of drug-likeness (QED) is 0.600. The van der Waals surface area contributed by atoms with Gasteiger partial charge in [0.2, 0.25) is 0 Å². The number of aryl methyl sites for hydroxylation is 3. The Morgan fingerprint density at radius 2 is 1.07 bits per heavy atom. The summed E-state index contributed by atoms with van der Waals surface area (Å²) in [5.74, 6) is 0. The normalized spacial score (nSPS) is 8.75. The van der Waals surface area contributed by atoms with Gasteiger partial charge in [0.05, 0.1) is 13.2 Å². The van der Waals surface area contributed by atoms with Crippen LogP contribution in [0.2, 0.25) is 0 Å². The van der Waals surface area contributed by atoms with Gasteiger partial charge in [-0.3, -0.25) is 0 Å². The number of aliphatic hydroxyl groups is 2. The summed E-state index contributed by atoms with van der Waals surface area (Å²) in [7, 11) is 0. The van der Waals surface area contributed by atoms with Crippen LogP contribution in [0.4, 0.5) is 0 Å². The van der Waals surface area contributed by atoms with Gasteiger partial charge in [0, 0.05) is 0 Å². The summed E-state index contributed by atoms with van der Waals surface area (Å²) in [6.45, 7) is 9.78. The van der Waals surface area contributed by atoms with Gasteiger partial charge in [-0.05, 0) is 42.5 Å². The van der Waals surface area contributed by atoms with E-state index in [-0.39, 0.29) is 13.2 Å². The van der Waals surface area contributed by atoms with Crippen molar-refractivity contribution in [3.05, 3.63) is 114 Å². The highest BCUT2D eigenvalue weighted by molar-refractivity contribution is 5.45. The average Bonchev–Trinajstić information content (AvgIpc) is 2.78. The van der Waals surface area contributed by atoms with E-state index in [0.717, 1.165) is 6.42 Å². The van der Waals surface area contributed by atoms with Crippen LogP contribution in [-0.4, -0.2) is 23.4 Å². The van der Waals surface area contributed by atoms with Gasteiger partial charge >= 0.3 is 0 Å². The molecule has 0 saturated heterocycles. The van der Waals surface area contributed by atoms with E-state index in [0.29, 0.717) is 0 Å². The summed E-state index contributed by atoms with van der Waals surface area (Å²) in [6, 6.07) is 28.8. The van der Waals surface area contributed by atoms with E-state index >= 15 is 0 Å². The van der Waals surface area contributed by atoms with E-state index in [2.05, 4.69) is 75.9 Å². The lowest BCUT2D eigenvalue weighted by atomic mass is 10.1. The van der Waals surface area contributed by atoms with E-state index in [1.165, 1.54) is 22.3 Å². The summed E-state index contributed by atoms with van der Waals surface area (Å²) >= 11 is 0. The molecule has 0 saturated carbocycles. The molecule has 0 amide bonds. The highest BCUT2D eigenvalue weighted by Crippen LogP contribution is 2.02. The van der Waals surface area contributed by atoms with Crippen LogP contribution in [0.3, 0.4) is 0 Å². The summed E-state index contributed by atoms with van der Waals surface area (Å²) in [5.41, 5.74) is 5.32. The van der Waals surface area contributed by atoms with E-state index in [1.54, 1.807) is 0 Å². The summed E-state index contributed by atoms with van der Waals surface area (Å²) in [6.07, 6.45) is 2.97. The SMILES string of the molecule is C=Cc1ccccc1.CCc1ccccc1.Cc1ccccc1C.OCCO. The zero-order valence-corrected chi connectivity index (χ0v) is 17.4. The molecule has 0 spiro atoms. The largest absolute Gasteiger partial charge is 0.394 e. The number of benzene rings is 3. The maximum atomic E-state index is 7.62. The molecule has 28 heavy (non-hydrogen) atoms. The molecule has 2 heteroatoms. The van der Waals surface area contributed by atoms with Crippen LogP contribution in [0.15, 0.2) is 91.5 Å². The van der Waals surface area contributed by atoms with Crippen LogP contribution in [0.25, 0.3) is 6.08 Å². The fourth-order valence-corrected chi connectivity index (χ4v) is 1.97. The van der Waals surface area contributed by atoms with Gasteiger partial charge in [-0.25, -0.2) is 0 Å². The van der Waals surface area contributed by atoms with Crippen molar-refractivity contribution in [3.63, 3.8) is 0 Å². The Morgan fingerprint density at radius 1 is 0.679 bits per heavy atom. The van der Waals surface area contributed by atoms with E-state index < -0.39 is 0 Å². The molecule has 3 rings (SSSR count). The van der Waals surface area contributed by atoms with Crippen molar-refractivity contribution in [3.8, 4) is 0 Å². The average molecular weight is 379 g/mol. The summed E-state index contributed by atoms with van der Waals surface area (Å²) in [4.78, 5) is 0. The molecule has 0 atom stereocenters. The Kier molecular flexibility index (Phi) is 16.0. The van der Waals surface area contributed by atoms with Crippen molar-refractivity contribution in [2.24, 2.45) is 0 Å². The monoisotopic (exact) mass is 378 g/mol. The number of hydrogen-bond donors (Lipinski definition) is 2. The molecule has 2 N–H and O–H groups in total. The Balaban J connectivity index is 0.000000358. The highest BCUT2D eigenvalue weighted by atomic mass is 16.3. The van der Waals surface area contributed by atoms with Crippen molar-refractivity contribution in [1.82, 2.24) is 0 Å². The van der Waals surface area contributed by atoms with Crippen molar-refractivity contribution < 1.29 is 10.2 Å². The van der Waals surface area contributed by atoms with Crippen molar-refractivity contribution in [1.29, 1.82) is 0 Å². The Morgan fingerprint density at radius 3 is 1.32 bits per heavy atom. The highest BCUT2D eigenvalue weighted by Gasteiger charge is 1.84. The molecule has 0 aromatic heterocycles. The molecule has 0 heterocycles. The molecule has 150 valence electrons. The molecule has 3 aromatic rings. The van der Waals surface area contributed by atoms with Gasteiger partial charge in [-0.1, -0.05) is 105 Å². The van der Waals surface area contributed by atoms with Gasteiger partial charge in [-0.2, -0.15) is 0 Å². The molecule has 0 fully saturated rings. The zero-order chi connectivity index (χ0) is 21.0. The molecule has 0 aliphatic rings. The first-order valence-corrected chi connectivity index (χ1v) is 9.54. The Labute approximate surface area is 170 Å². The molecular formula is C26H34O2. The minimum Gasteiger partial charge on any atom is -0.394 e. The van der Waals surface area contributed by atoms with E-state index in [4.69, 9.17) is 10.2 Å². The molecule has 0 aliphatic carbocycles. The van der Waals surface area contributed by atoms with Gasteiger partial charge in [0.25, 0.3) is 0 Å². The lowest BCUT2D eigenvalue weighted by Gasteiger charge is -1.93. The number of aliphatic hydroxyl groups excluding tert-OH is 2. The Bertz CT molecular complexity index is 699. The third-order valence-corrected chi connectivity index (χ3v) is 3.81. The zero-order valence-electron chi connectivity index (χ0n) is 17.4. The first-order chi connectivity index (χ1) is 13.6. The number of rotatable bonds is 3. The smallest absolute Gasteiger partial charge is 0.0662 e. The lowest BCUT2D eigenvalue weighted by molar-refractivity contribution is 0.186. The van der Waals surface area contributed by atoms with Crippen LogP contribution >= 0.6 is 0 Å². The second-order valence-corrected chi connectivity index (χ2v) is 5.99. The van der Waals surface area contributed by atoms with Crippen LogP contribution in [0, 0.1) is 13.8 Å². The van der Waals surface area contributed by atoms with Crippen LogP contribution in [0.5, 0.6) is 0 Å². The molecule has 0 unspecified atom stereocenters. The third kappa shape index (κ3) is 13.5. The Hall–Kier alpha value is -2.68. The molecule has 2 nitrogen and oxygen atoms in total. The second-order valence-electron chi connectivity index (χ2n) is 5.99. The molecule has 0 radical (unpaired) electrons. The fraction of sp³-hybridized carbons (Fsp3) is 0.231. The van der Waals surface area contributed by atoms with Gasteiger partial charge < -0.3 is 10.2 Å². The van der Waals surface area contributed by atoms with Crippen molar-refractivity contribution in [2.75, 3.05) is 13.2 Å². The van der Waals surface area contributed by atoms with Crippen LogP contribution in [-0.2, 0) is 6.42 Å². The minimum atomic E-state index is -0.125. The standard InChI is InChI=1S/2C8H10.C8H8.C2H6O2/c1-7-5-3-4-6-8(7)2;2*1-2-8-6-4-3-5-7-8;3-1-2-4/h3-6H,1-2H3;3-7H,2H2,1H3;2-7H,1H2;3-4H,1-2H2. The first-order valence-electron chi connectivity index (χ1n) is 9.54. The van der Waals surface area contributed by atoms with Crippen LogP contribution in [0.1, 0.15) is 29.2 Å². The van der Waals surface area contributed by atoms with Crippen LogP contribution < -0.4 is 0 Å². The van der Waals surface area contributed by atoms with Gasteiger partial charge in [0.1, 0.15) is 0 Å². The van der Waals surface area contributed by atoms with E-state index in [1.807, 2.05) is 42.5 Å². The summed E-state index contributed by atoms with van der Waals surface area (Å²) in [5, 5.41) is 15.2. The minimum absolute atomic E-state index is 0.125. The second kappa shape index (κ2) is 17.7. The van der Waals surface area contributed by atoms with E-state index in [9.17, 15) is 0 Å².